The highest BCUT2D eigenvalue weighted by atomic mass is 16.1. The molecule has 0 atom stereocenters. The number of hydrogen-bond donors (Lipinski definition) is 1. The van der Waals surface area contributed by atoms with Crippen LogP contribution in [0.5, 0.6) is 0 Å². The van der Waals surface area contributed by atoms with Crippen LogP contribution >= 0.6 is 0 Å². The predicted octanol–water partition coefficient (Wildman–Crippen LogP) is 4.37. The van der Waals surface area contributed by atoms with E-state index in [0.717, 1.165) is 57.0 Å². The van der Waals surface area contributed by atoms with Crippen LogP contribution in [0.2, 0.25) is 0 Å². The molecule has 34 heavy (non-hydrogen) atoms. The van der Waals surface area contributed by atoms with Gasteiger partial charge < -0.3 is 10.2 Å². The minimum atomic E-state index is -0.241. The first-order chi connectivity index (χ1) is 16.4. The second-order valence-corrected chi connectivity index (χ2v) is 9.78. The van der Waals surface area contributed by atoms with Gasteiger partial charge in [0.05, 0.1) is 5.56 Å². The number of aromatic nitrogens is 4. The molecule has 1 aliphatic carbocycles. The zero-order valence-corrected chi connectivity index (χ0v) is 20.2. The number of piperidine rings is 1. The van der Waals surface area contributed by atoms with Crippen molar-refractivity contribution in [3.63, 3.8) is 0 Å². The van der Waals surface area contributed by atoms with E-state index in [4.69, 9.17) is 4.98 Å². The summed E-state index contributed by atoms with van der Waals surface area (Å²) >= 11 is 0. The van der Waals surface area contributed by atoms with Gasteiger partial charge in [-0.25, -0.2) is 9.97 Å². The van der Waals surface area contributed by atoms with Crippen molar-refractivity contribution in [2.24, 2.45) is 0 Å². The molecule has 8 nitrogen and oxygen atoms in total. The third-order valence-electron chi connectivity index (χ3n) is 7.47. The van der Waals surface area contributed by atoms with Crippen LogP contribution in [0.1, 0.15) is 78.9 Å². The van der Waals surface area contributed by atoms with Crippen molar-refractivity contribution in [3.8, 4) is 0 Å². The molecule has 1 aliphatic heterocycles. The number of hydrogen-bond acceptors (Lipinski definition) is 7. The maximum Gasteiger partial charge on any atom is 0.263 e. The summed E-state index contributed by atoms with van der Waals surface area (Å²) < 4.78 is 1.73. The van der Waals surface area contributed by atoms with E-state index in [1.165, 1.54) is 12.5 Å². The van der Waals surface area contributed by atoms with Crippen LogP contribution in [0, 0.1) is 6.92 Å². The molecule has 1 N–H and O–H groups in total. The molecule has 178 valence electrons. The van der Waals surface area contributed by atoms with Crippen molar-refractivity contribution in [1.29, 1.82) is 0 Å². The molecule has 2 aliphatic rings. The summed E-state index contributed by atoms with van der Waals surface area (Å²) in [6.45, 7) is 5.48. The highest BCUT2D eigenvalue weighted by Gasteiger charge is 2.26. The number of fused-ring (bicyclic) bond motifs is 1. The van der Waals surface area contributed by atoms with Gasteiger partial charge in [0.15, 0.2) is 5.78 Å². The molecular formula is C26H32N6O2. The third kappa shape index (κ3) is 4.22. The molecule has 2 fully saturated rings. The Kier molecular flexibility index (Phi) is 6.16. The number of anilines is 2. The molecule has 1 saturated carbocycles. The van der Waals surface area contributed by atoms with Crippen molar-refractivity contribution >= 4 is 28.6 Å². The van der Waals surface area contributed by atoms with Crippen molar-refractivity contribution < 1.29 is 4.79 Å². The summed E-state index contributed by atoms with van der Waals surface area (Å²) in [5, 5.41) is 3.95. The Morgan fingerprint density at radius 1 is 1.06 bits per heavy atom. The van der Waals surface area contributed by atoms with Crippen LogP contribution < -0.4 is 10.9 Å². The highest BCUT2D eigenvalue weighted by molar-refractivity contribution is 5.99. The molecule has 4 heterocycles. The molecular weight excluding hydrogens is 428 g/mol. The van der Waals surface area contributed by atoms with E-state index in [2.05, 4.69) is 33.3 Å². The number of carbonyl (C=O) groups is 1. The smallest absolute Gasteiger partial charge is 0.263 e. The summed E-state index contributed by atoms with van der Waals surface area (Å²) in [6.07, 6.45) is 9.95. The number of carbonyl (C=O) groups excluding carboxylic acids is 1. The Morgan fingerprint density at radius 3 is 2.44 bits per heavy atom. The second kappa shape index (κ2) is 9.25. The Bertz CT molecular complexity index is 1270. The lowest BCUT2D eigenvalue weighted by atomic mass is 9.91. The molecule has 3 aromatic heterocycles. The Balaban J connectivity index is 1.48. The van der Waals surface area contributed by atoms with Crippen LogP contribution in [0.3, 0.4) is 0 Å². The van der Waals surface area contributed by atoms with E-state index in [0.29, 0.717) is 28.9 Å². The van der Waals surface area contributed by atoms with Crippen molar-refractivity contribution in [2.75, 3.05) is 25.5 Å². The van der Waals surface area contributed by atoms with Gasteiger partial charge in [-0.3, -0.25) is 14.2 Å². The number of likely N-dealkylation sites (tertiary alicyclic amines) is 1. The zero-order chi connectivity index (χ0) is 23.8. The van der Waals surface area contributed by atoms with Crippen LogP contribution in [0.15, 0.2) is 29.3 Å². The highest BCUT2D eigenvalue weighted by Crippen LogP contribution is 2.32. The third-order valence-corrected chi connectivity index (χ3v) is 7.47. The fourth-order valence-corrected chi connectivity index (χ4v) is 5.49. The molecule has 0 spiro atoms. The van der Waals surface area contributed by atoms with Crippen molar-refractivity contribution in [1.82, 2.24) is 24.4 Å². The molecule has 0 bridgehead atoms. The van der Waals surface area contributed by atoms with Gasteiger partial charge in [0.2, 0.25) is 5.95 Å². The van der Waals surface area contributed by atoms with Gasteiger partial charge in [-0.15, -0.1) is 0 Å². The Labute approximate surface area is 199 Å². The number of nitrogens with one attached hydrogen (secondary N) is 1. The van der Waals surface area contributed by atoms with Gasteiger partial charge in [0.25, 0.3) is 5.56 Å². The van der Waals surface area contributed by atoms with E-state index >= 15 is 0 Å². The first-order valence-corrected chi connectivity index (χ1v) is 12.3. The monoisotopic (exact) mass is 460 g/mol. The van der Waals surface area contributed by atoms with E-state index in [1.54, 1.807) is 17.7 Å². The molecule has 1 saturated heterocycles. The zero-order valence-electron chi connectivity index (χ0n) is 20.2. The quantitative estimate of drug-likeness (QED) is 0.565. The van der Waals surface area contributed by atoms with E-state index < -0.39 is 0 Å². The fourth-order valence-electron chi connectivity index (χ4n) is 5.49. The summed E-state index contributed by atoms with van der Waals surface area (Å²) in [6, 6.07) is 4.16. The molecule has 8 heteroatoms. The standard InChI is InChI=1S/C26H32N6O2/c1-16-21-15-28-26(29-22-9-8-19(14-27-22)18-10-12-31(3)13-11-18)30-24(21)32(20-6-4-5-7-20)25(34)23(16)17(2)33/h8-9,14-15,18,20H,4-7,10-13H2,1-3H3,(H,27,28,29,30). The minimum Gasteiger partial charge on any atom is -0.309 e. The number of rotatable bonds is 5. The topological polar surface area (TPSA) is 93.0 Å². The first-order valence-electron chi connectivity index (χ1n) is 12.3. The first kappa shape index (κ1) is 22.7. The lowest BCUT2D eigenvalue weighted by molar-refractivity contribution is 0.101. The molecule has 0 amide bonds. The van der Waals surface area contributed by atoms with Gasteiger partial charge in [-0.1, -0.05) is 18.9 Å². The SMILES string of the molecule is CC(=O)c1c(C)c2cnc(Nc3ccc(C4CCN(C)CC4)cn3)nc2n(C2CCCC2)c1=O. The van der Waals surface area contributed by atoms with Gasteiger partial charge in [-0.2, -0.15) is 4.98 Å². The van der Waals surface area contributed by atoms with Crippen LogP contribution in [0.4, 0.5) is 11.8 Å². The van der Waals surface area contributed by atoms with Crippen molar-refractivity contribution in [3.05, 3.63) is 51.6 Å². The summed E-state index contributed by atoms with van der Waals surface area (Å²) in [5.41, 5.74) is 2.50. The van der Waals surface area contributed by atoms with Gasteiger partial charge in [0, 0.05) is 23.8 Å². The summed E-state index contributed by atoms with van der Waals surface area (Å²) in [7, 11) is 2.17. The summed E-state index contributed by atoms with van der Waals surface area (Å²) in [4.78, 5) is 41.8. The Hall–Kier alpha value is -3.13. The fraction of sp³-hybridized carbons (Fsp3) is 0.500. The lowest BCUT2D eigenvalue weighted by Gasteiger charge is -2.29. The molecule has 0 unspecified atom stereocenters. The second-order valence-electron chi connectivity index (χ2n) is 9.78. The van der Waals surface area contributed by atoms with Gasteiger partial charge in [0.1, 0.15) is 11.5 Å². The Morgan fingerprint density at radius 2 is 1.79 bits per heavy atom. The van der Waals surface area contributed by atoms with Crippen LogP contribution in [-0.2, 0) is 0 Å². The van der Waals surface area contributed by atoms with Gasteiger partial charge in [-0.05, 0) is 82.8 Å². The molecule has 5 rings (SSSR count). The average Bonchev–Trinajstić information content (AvgIpc) is 3.34. The van der Waals surface area contributed by atoms with E-state index in [9.17, 15) is 9.59 Å². The van der Waals surface area contributed by atoms with Crippen LogP contribution in [-0.4, -0.2) is 50.3 Å². The molecule has 3 aromatic rings. The summed E-state index contributed by atoms with van der Waals surface area (Å²) in [5.74, 6) is 1.40. The van der Waals surface area contributed by atoms with E-state index in [1.807, 2.05) is 12.3 Å². The normalized spacial score (nSPS) is 18.0. The molecule has 0 aromatic carbocycles. The maximum atomic E-state index is 13.4. The van der Waals surface area contributed by atoms with Crippen molar-refractivity contribution in [2.45, 2.75) is 64.3 Å². The van der Waals surface area contributed by atoms with Crippen LogP contribution in [0.25, 0.3) is 11.0 Å². The predicted molar refractivity (Wildman–Crippen MR) is 133 cm³/mol. The number of ketones is 1. The average molecular weight is 461 g/mol. The molecule has 0 radical (unpaired) electrons. The van der Waals surface area contributed by atoms with Gasteiger partial charge >= 0.3 is 0 Å². The lowest BCUT2D eigenvalue weighted by Crippen LogP contribution is -2.30. The largest absolute Gasteiger partial charge is 0.309 e. The van der Waals surface area contributed by atoms with E-state index in [-0.39, 0.29) is 22.9 Å². The number of Topliss-reactive ketones (excluding diaryl/α,β-unsaturated/α-hetero) is 1. The number of pyridine rings is 2. The maximum absolute atomic E-state index is 13.4. The number of aryl methyl sites for hydroxylation is 1. The minimum absolute atomic E-state index is 0.0587. The number of nitrogens with zero attached hydrogens (tertiary/aromatic N) is 5.